The summed E-state index contributed by atoms with van der Waals surface area (Å²) in [4.78, 5) is 11.5. The van der Waals surface area contributed by atoms with Gasteiger partial charge in [0, 0.05) is 0 Å². The van der Waals surface area contributed by atoms with Crippen LogP contribution in [0.25, 0.3) is 11.1 Å². The predicted octanol–water partition coefficient (Wildman–Crippen LogP) is 2.71. The van der Waals surface area contributed by atoms with Gasteiger partial charge in [-0.1, -0.05) is 48.5 Å². The lowest BCUT2D eigenvalue weighted by Gasteiger charge is -2.07. The van der Waals surface area contributed by atoms with E-state index in [0.717, 1.165) is 22.3 Å². The number of benzene rings is 2. The van der Waals surface area contributed by atoms with Crippen molar-refractivity contribution in [1.29, 1.82) is 0 Å². The van der Waals surface area contributed by atoms with Crippen LogP contribution < -0.4 is 5.73 Å². The van der Waals surface area contributed by atoms with E-state index in [9.17, 15) is 4.79 Å². The van der Waals surface area contributed by atoms with Crippen molar-refractivity contribution < 1.29 is 4.79 Å². The number of hydrogen-bond acceptors (Lipinski definition) is 1. The molecular weight excluding hydrogens is 234 g/mol. The van der Waals surface area contributed by atoms with Gasteiger partial charge in [0.25, 0.3) is 0 Å². The van der Waals surface area contributed by atoms with E-state index in [0.29, 0.717) is 0 Å². The Bertz CT molecular complexity index is 534. The van der Waals surface area contributed by atoms with Gasteiger partial charge >= 0.3 is 0 Å². The summed E-state index contributed by atoms with van der Waals surface area (Å²) in [6, 6.07) is 15.9. The van der Waals surface area contributed by atoms with E-state index < -0.39 is 0 Å². The molecule has 0 spiro atoms. The molecule has 2 aromatic carbocycles. The summed E-state index contributed by atoms with van der Waals surface area (Å²) in [5, 5.41) is 0. The molecule has 0 fully saturated rings. The summed E-state index contributed by atoms with van der Waals surface area (Å²) < 4.78 is 0. The van der Waals surface area contributed by atoms with Gasteiger partial charge in [-0.25, -0.2) is 0 Å². The molecule has 0 aromatic heterocycles. The number of hydrogen-bond donors (Lipinski definition) is 1. The van der Waals surface area contributed by atoms with Crippen molar-refractivity contribution in [2.75, 3.05) is 0 Å². The molecule has 0 bridgehead atoms. The summed E-state index contributed by atoms with van der Waals surface area (Å²) in [6.45, 7) is 0. The first-order chi connectivity index (χ1) is 7.79. The lowest BCUT2D eigenvalue weighted by Crippen LogP contribution is -2.20. The molecule has 0 aliphatic heterocycles. The van der Waals surface area contributed by atoms with Crippen LogP contribution in [0.5, 0.6) is 0 Å². The Labute approximate surface area is 106 Å². The molecule has 2 N–H and O–H groups in total. The monoisotopic (exact) mass is 245 g/mol. The van der Waals surface area contributed by atoms with Crippen LogP contribution in [0.15, 0.2) is 48.5 Å². The fraction of sp³-hybridized carbons (Fsp3) is 0.0714. The van der Waals surface area contributed by atoms with Crippen LogP contribution >= 0.6 is 12.4 Å². The third kappa shape index (κ3) is 1.61. The number of amides is 1. The second kappa shape index (κ2) is 4.22. The van der Waals surface area contributed by atoms with E-state index in [1.165, 1.54) is 0 Å². The highest BCUT2D eigenvalue weighted by molar-refractivity contribution is 5.95. The van der Waals surface area contributed by atoms with E-state index in [1.807, 2.05) is 48.5 Å². The Hall–Kier alpha value is -1.80. The average molecular weight is 246 g/mol. The molecule has 1 amide bonds. The van der Waals surface area contributed by atoms with Crippen LogP contribution in [-0.2, 0) is 4.79 Å². The normalized spacial score (nSPS) is 12.5. The van der Waals surface area contributed by atoms with Gasteiger partial charge in [-0.2, -0.15) is 0 Å². The highest BCUT2D eigenvalue weighted by Gasteiger charge is 2.31. The summed E-state index contributed by atoms with van der Waals surface area (Å²) in [6.07, 6.45) is 0. The van der Waals surface area contributed by atoms with E-state index in [-0.39, 0.29) is 24.2 Å². The molecule has 0 atom stereocenters. The molecule has 0 saturated carbocycles. The Balaban J connectivity index is 0.00000108. The van der Waals surface area contributed by atoms with E-state index in [1.54, 1.807) is 0 Å². The molecule has 3 heteroatoms. The molecule has 0 radical (unpaired) electrons. The molecule has 2 aromatic rings. The molecule has 1 aliphatic rings. The minimum absolute atomic E-state index is 0. The van der Waals surface area contributed by atoms with Crippen molar-refractivity contribution in [2.24, 2.45) is 5.73 Å². The molecule has 17 heavy (non-hydrogen) atoms. The fourth-order valence-electron chi connectivity index (χ4n) is 2.46. The summed E-state index contributed by atoms with van der Waals surface area (Å²) >= 11 is 0. The van der Waals surface area contributed by atoms with Crippen molar-refractivity contribution in [3.8, 4) is 11.1 Å². The zero-order valence-electron chi connectivity index (χ0n) is 9.09. The Kier molecular flexibility index (Phi) is 2.90. The number of nitrogens with two attached hydrogens (primary N) is 1. The number of carbonyl (C=O) groups is 1. The lowest BCUT2D eigenvalue weighted by atomic mass is 9.97. The minimum Gasteiger partial charge on any atom is -0.369 e. The minimum atomic E-state index is -0.285. The van der Waals surface area contributed by atoms with Crippen molar-refractivity contribution >= 4 is 18.3 Å². The lowest BCUT2D eigenvalue weighted by molar-refractivity contribution is -0.118. The summed E-state index contributed by atoms with van der Waals surface area (Å²) in [5.41, 5.74) is 9.79. The molecule has 86 valence electrons. The van der Waals surface area contributed by atoms with Gasteiger partial charge in [-0.3, -0.25) is 4.79 Å². The largest absolute Gasteiger partial charge is 0.369 e. The molecule has 0 heterocycles. The van der Waals surface area contributed by atoms with Gasteiger partial charge in [0.1, 0.15) is 0 Å². The molecule has 2 nitrogen and oxygen atoms in total. The van der Waals surface area contributed by atoms with Crippen LogP contribution in [0.2, 0.25) is 0 Å². The highest BCUT2D eigenvalue weighted by Crippen LogP contribution is 2.44. The molecule has 3 rings (SSSR count). The van der Waals surface area contributed by atoms with Gasteiger partial charge < -0.3 is 5.73 Å². The third-order valence-electron chi connectivity index (χ3n) is 3.12. The topological polar surface area (TPSA) is 43.1 Å². The molecule has 0 unspecified atom stereocenters. The quantitative estimate of drug-likeness (QED) is 0.825. The van der Waals surface area contributed by atoms with E-state index in [4.69, 9.17) is 5.73 Å². The van der Waals surface area contributed by atoms with Crippen LogP contribution in [0.4, 0.5) is 0 Å². The zero-order chi connectivity index (χ0) is 11.1. The second-order valence-electron chi connectivity index (χ2n) is 4.01. The Morgan fingerprint density at radius 1 is 0.882 bits per heavy atom. The van der Waals surface area contributed by atoms with E-state index >= 15 is 0 Å². The van der Waals surface area contributed by atoms with E-state index in [2.05, 4.69) is 0 Å². The van der Waals surface area contributed by atoms with Gasteiger partial charge in [0.05, 0.1) is 5.92 Å². The van der Waals surface area contributed by atoms with Crippen molar-refractivity contribution in [3.63, 3.8) is 0 Å². The molecule has 1 aliphatic carbocycles. The molecular formula is C14H12ClNO. The van der Waals surface area contributed by atoms with Crippen molar-refractivity contribution in [1.82, 2.24) is 0 Å². The van der Waals surface area contributed by atoms with Crippen LogP contribution in [0.3, 0.4) is 0 Å². The number of primary amides is 1. The van der Waals surface area contributed by atoms with Gasteiger partial charge in [-0.15, -0.1) is 12.4 Å². The van der Waals surface area contributed by atoms with Gasteiger partial charge in [0.15, 0.2) is 0 Å². The number of fused-ring (bicyclic) bond motifs is 3. The van der Waals surface area contributed by atoms with Crippen LogP contribution in [0, 0.1) is 0 Å². The van der Waals surface area contributed by atoms with Crippen LogP contribution in [0.1, 0.15) is 17.0 Å². The number of carbonyl (C=O) groups excluding carboxylic acids is 1. The average Bonchev–Trinajstić information content (AvgIpc) is 2.63. The first-order valence-electron chi connectivity index (χ1n) is 5.26. The second-order valence-corrected chi connectivity index (χ2v) is 4.01. The zero-order valence-corrected chi connectivity index (χ0v) is 9.91. The van der Waals surface area contributed by atoms with Gasteiger partial charge in [0.2, 0.25) is 5.91 Å². The number of halogens is 1. The maximum atomic E-state index is 11.5. The summed E-state index contributed by atoms with van der Waals surface area (Å²) in [5.74, 6) is -0.565. The predicted molar refractivity (Wildman–Crippen MR) is 70.2 cm³/mol. The smallest absolute Gasteiger partial charge is 0.229 e. The fourth-order valence-corrected chi connectivity index (χ4v) is 2.46. The van der Waals surface area contributed by atoms with Crippen LogP contribution in [-0.4, -0.2) is 5.91 Å². The first kappa shape index (κ1) is 11.7. The molecule has 0 saturated heterocycles. The summed E-state index contributed by atoms with van der Waals surface area (Å²) in [7, 11) is 0. The van der Waals surface area contributed by atoms with Gasteiger partial charge in [-0.05, 0) is 22.3 Å². The maximum Gasteiger partial charge on any atom is 0.229 e. The standard InChI is InChI=1S/C14H11NO.ClH/c15-14(16)13-11-7-3-1-5-9(11)10-6-2-4-8-12(10)13;/h1-8,13H,(H2,15,16);1H. The number of rotatable bonds is 1. The first-order valence-corrected chi connectivity index (χ1v) is 5.26. The Morgan fingerprint density at radius 3 is 1.71 bits per heavy atom. The van der Waals surface area contributed by atoms with Crippen molar-refractivity contribution in [3.05, 3.63) is 59.7 Å². The third-order valence-corrected chi connectivity index (χ3v) is 3.12. The highest BCUT2D eigenvalue weighted by atomic mass is 35.5. The maximum absolute atomic E-state index is 11.5. The SMILES string of the molecule is Cl.NC(=O)C1c2ccccc2-c2ccccc21. The van der Waals surface area contributed by atoms with Crippen molar-refractivity contribution in [2.45, 2.75) is 5.92 Å². The Morgan fingerprint density at radius 2 is 1.29 bits per heavy atom.